The van der Waals surface area contributed by atoms with Gasteiger partial charge in [0.25, 0.3) is 0 Å². The number of carbonyl (C=O) groups is 1. The number of oxime groups is 1. The molecule has 1 unspecified atom stereocenters. The summed E-state index contributed by atoms with van der Waals surface area (Å²) >= 11 is 5.97. The maximum atomic E-state index is 10.6. The highest BCUT2D eigenvalue weighted by Gasteiger charge is 2.40. The van der Waals surface area contributed by atoms with Crippen molar-refractivity contribution in [1.82, 2.24) is 0 Å². The first kappa shape index (κ1) is 25.4. The van der Waals surface area contributed by atoms with Crippen LogP contribution in [0.4, 0.5) is 0 Å². The van der Waals surface area contributed by atoms with Crippen molar-refractivity contribution in [2.75, 3.05) is 0 Å². The summed E-state index contributed by atoms with van der Waals surface area (Å²) in [6, 6.07) is 7.02. The lowest BCUT2D eigenvalue weighted by atomic mass is 9.84. The number of aliphatic hydroxyl groups excluding tert-OH is 2. The molecule has 1 aliphatic rings. The van der Waals surface area contributed by atoms with Crippen molar-refractivity contribution in [3.8, 4) is 5.75 Å². The third-order valence-corrected chi connectivity index (χ3v) is 6.33. The molecule has 1 saturated carbocycles. The molecule has 0 bridgehead atoms. The van der Waals surface area contributed by atoms with Gasteiger partial charge in [0.1, 0.15) is 11.9 Å². The van der Waals surface area contributed by atoms with E-state index in [1.165, 1.54) is 0 Å². The third-order valence-electron chi connectivity index (χ3n) is 6.10. The van der Waals surface area contributed by atoms with Gasteiger partial charge in [0.05, 0.1) is 17.9 Å². The fraction of sp³-hybridized carbons (Fsp3) is 0.652. The number of benzene rings is 1. The predicted molar refractivity (Wildman–Crippen MR) is 119 cm³/mol. The number of hydrogen-bond acceptors (Lipinski definition) is 6. The lowest BCUT2D eigenvalue weighted by molar-refractivity contribution is -0.137. The van der Waals surface area contributed by atoms with Crippen molar-refractivity contribution >= 4 is 23.3 Å². The lowest BCUT2D eigenvalue weighted by Crippen LogP contribution is -2.30. The SMILES string of the molecule is CC(Oc1cccc(Cl)c1)[C@H](O)CC[C@H]1/C(=N\O)C[C@H](O)[C@@H]1CCCCCCC(=O)O. The van der Waals surface area contributed by atoms with E-state index in [-0.39, 0.29) is 18.3 Å². The Balaban J connectivity index is 1.83. The molecule has 0 radical (unpaired) electrons. The van der Waals surface area contributed by atoms with E-state index < -0.39 is 24.3 Å². The minimum absolute atomic E-state index is 0.0262. The van der Waals surface area contributed by atoms with Crippen LogP contribution in [0.2, 0.25) is 5.02 Å². The molecule has 4 N–H and O–H groups in total. The zero-order valence-electron chi connectivity index (χ0n) is 18.0. The maximum Gasteiger partial charge on any atom is 0.303 e. The number of nitrogens with zero attached hydrogens (tertiary/aromatic N) is 1. The number of aliphatic carboxylic acids is 1. The van der Waals surface area contributed by atoms with Gasteiger partial charge < -0.3 is 25.3 Å². The van der Waals surface area contributed by atoms with Gasteiger partial charge in [0.15, 0.2) is 0 Å². The molecule has 7 nitrogen and oxygen atoms in total. The van der Waals surface area contributed by atoms with E-state index in [4.69, 9.17) is 21.4 Å². The standard InChI is InChI=1S/C23H34ClNO6/c1-15(31-17-8-6-7-16(24)13-17)21(26)12-11-18-19(22(27)14-20(18)25-30)9-4-2-3-5-10-23(28)29/h6-8,13,15,18-19,21-22,26-27,30H,2-5,9-12,14H2,1H3,(H,28,29)/b25-20-/t15?,18-,19-,21-,22+/m1/s1. The molecule has 0 saturated heterocycles. The van der Waals surface area contributed by atoms with Gasteiger partial charge in [0.2, 0.25) is 0 Å². The summed E-state index contributed by atoms with van der Waals surface area (Å²) in [6.07, 6.45) is 3.92. The third kappa shape index (κ3) is 8.31. The van der Waals surface area contributed by atoms with Gasteiger partial charge in [-0.15, -0.1) is 0 Å². The lowest BCUT2D eigenvalue weighted by Gasteiger charge is -2.25. The molecule has 0 amide bonds. The molecule has 0 aromatic heterocycles. The van der Waals surface area contributed by atoms with Crippen LogP contribution in [-0.4, -0.2) is 50.5 Å². The van der Waals surface area contributed by atoms with Gasteiger partial charge in [-0.3, -0.25) is 4.79 Å². The van der Waals surface area contributed by atoms with Crippen LogP contribution >= 0.6 is 11.6 Å². The minimum Gasteiger partial charge on any atom is -0.488 e. The van der Waals surface area contributed by atoms with Gasteiger partial charge in [-0.25, -0.2) is 0 Å². The molecule has 1 aromatic carbocycles. The van der Waals surface area contributed by atoms with Gasteiger partial charge in [0, 0.05) is 23.8 Å². The molecule has 8 heteroatoms. The van der Waals surface area contributed by atoms with Crippen molar-refractivity contribution in [3.63, 3.8) is 0 Å². The van der Waals surface area contributed by atoms with E-state index in [0.717, 1.165) is 25.7 Å². The van der Waals surface area contributed by atoms with Gasteiger partial charge >= 0.3 is 5.97 Å². The first-order chi connectivity index (χ1) is 14.8. The second-order valence-electron chi connectivity index (χ2n) is 8.40. The van der Waals surface area contributed by atoms with Gasteiger partial charge in [-0.2, -0.15) is 0 Å². The van der Waals surface area contributed by atoms with Crippen LogP contribution in [0.25, 0.3) is 0 Å². The fourth-order valence-electron chi connectivity index (χ4n) is 4.35. The molecule has 0 spiro atoms. The van der Waals surface area contributed by atoms with E-state index in [1.54, 1.807) is 31.2 Å². The molecule has 31 heavy (non-hydrogen) atoms. The van der Waals surface area contributed by atoms with Crippen molar-refractivity contribution in [2.45, 2.75) is 83.0 Å². The van der Waals surface area contributed by atoms with E-state index in [0.29, 0.717) is 42.2 Å². The normalized spacial score (nSPS) is 24.3. The summed E-state index contributed by atoms with van der Waals surface area (Å²) in [5.74, 6) is -0.301. The molecular formula is C23H34ClNO6. The topological polar surface area (TPSA) is 120 Å². The second-order valence-corrected chi connectivity index (χ2v) is 8.84. The Kier molecular flexibility index (Phi) is 10.6. The Morgan fingerprint density at radius 3 is 2.68 bits per heavy atom. The van der Waals surface area contributed by atoms with Crippen LogP contribution in [0.3, 0.4) is 0 Å². The van der Waals surface area contributed by atoms with E-state index in [2.05, 4.69) is 5.16 Å². The number of aliphatic hydroxyl groups is 2. The Hall–Kier alpha value is -1.83. The highest BCUT2D eigenvalue weighted by molar-refractivity contribution is 6.30. The maximum absolute atomic E-state index is 10.6. The molecule has 1 fully saturated rings. The molecule has 1 aliphatic carbocycles. The van der Waals surface area contributed by atoms with E-state index >= 15 is 0 Å². The smallest absolute Gasteiger partial charge is 0.303 e. The summed E-state index contributed by atoms with van der Waals surface area (Å²) < 4.78 is 5.79. The molecule has 2 rings (SSSR count). The fourth-order valence-corrected chi connectivity index (χ4v) is 4.53. The number of rotatable bonds is 13. The quantitative estimate of drug-likeness (QED) is 0.197. The van der Waals surface area contributed by atoms with E-state index in [1.807, 2.05) is 0 Å². The van der Waals surface area contributed by atoms with Crippen LogP contribution in [0, 0.1) is 11.8 Å². The molecular weight excluding hydrogens is 422 g/mol. The summed E-state index contributed by atoms with van der Waals surface area (Å²) in [6.45, 7) is 1.80. The summed E-state index contributed by atoms with van der Waals surface area (Å²) in [5.41, 5.74) is 0.582. The second kappa shape index (κ2) is 12.9. The average Bonchev–Trinajstić information content (AvgIpc) is 3.03. The first-order valence-corrected chi connectivity index (χ1v) is 11.4. The zero-order chi connectivity index (χ0) is 22.8. The number of halogens is 1. The number of unbranched alkanes of at least 4 members (excludes halogenated alkanes) is 3. The van der Waals surface area contributed by atoms with Crippen LogP contribution in [0.15, 0.2) is 29.4 Å². The Morgan fingerprint density at radius 2 is 2.00 bits per heavy atom. The Morgan fingerprint density at radius 1 is 1.26 bits per heavy atom. The number of ether oxygens (including phenoxy) is 1. The number of hydrogen-bond donors (Lipinski definition) is 4. The average molecular weight is 456 g/mol. The highest BCUT2D eigenvalue weighted by atomic mass is 35.5. The van der Waals surface area contributed by atoms with Crippen molar-refractivity contribution < 1.29 is 30.1 Å². The van der Waals surface area contributed by atoms with E-state index in [9.17, 15) is 20.2 Å². The number of carboxylic acids is 1. The Labute approximate surface area is 188 Å². The van der Waals surface area contributed by atoms with Crippen LogP contribution < -0.4 is 4.74 Å². The molecule has 5 atom stereocenters. The van der Waals surface area contributed by atoms with Gasteiger partial charge in [-0.05, 0) is 56.7 Å². The largest absolute Gasteiger partial charge is 0.488 e. The molecule has 0 heterocycles. The summed E-state index contributed by atoms with van der Waals surface area (Å²) in [4.78, 5) is 10.6. The zero-order valence-corrected chi connectivity index (χ0v) is 18.7. The summed E-state index contributed by atoms with van der Waals surface area (Å²) in [5, 5.41) is 43.1. The summed E-state index contributed by atoms with van der Waals surface area (Å²) in [7, 11) is 0. The predicted octanol–water partition coefficient (Wildman–Crippen LogP) is 4.50. The van der Waals surface area contributed by atoms with Crippen molar-refractivity contribution in [3.05, 3.63) is 29.3 Å². The highest BCUT2D eigenvalue weighted by Crippen LogP contribution is 2.37. The Bertz CT molecular complexity index is 728. The molecule has 1 aromatic rings. The van der Waals surface area contributed by atoms with Crippen molar-refractivity contribution in [1.29, 1.82) is 0 Å². The van der Waals surface area contributed by atoms with Crippen LogP contribution in [-0.2, 0) is 4.79 Å². The molecule has 0 aliphatic heterocycles. The first-order valence-electron chi connectivity index (χ1n) is 11.0. The minimum atomic E-state index is -0.776. The number of carboxylic acid groups (broad SMARTS) is 1. The van der Waals surface area contributed by atoms with Gasteiger partial charge in [-0.1, -0.05) is 42.1 Å². The monoisotopic (exact) mass is 455 g/mol. The van der Waals surface area contributed by atoms with Crippen molar-refractivity contribution in [2.24, 2.45) is 17.0 Å². The van der Waals surface area contributed by atoms with Crippen LogP contribution in [0.1, 0.15) is 64.7 Å². The van der Waals surface area contributed by atoms with Crippen LogP contribution in [0.5, 0.6) is 5.75 Å². The molecule has 174 valence electrons.